The molecule has 1 heterocycles. The first-order valence-electron chi connectivity index (χ1n) is 7.69. The van der Waals surface area contributed by atoms with Crippen molar-refractivity contribution >= 4 is 11.8 Å². The van der Waals surface area contributed by atoms with E-state index >= 15 is 0 Å². The van der Waals surface area contributed by atoms with E-state index in [4.69, 9.17) is 10.00 Å². The van der Waals surface area contributed by atoms with Crippen LogP contribution in [0.25, 0.3) is 11.3 Å². The Balaban J connectivity index is 1.58. The second-order valence-corrected chi connectivity index (χ2v) is 5.31. The van der Waals surface area contributed by atoms with Crippen molar-refractivity contribution in [2.75, 3.05) is 5.32 Å². The van der Waals surface area contributed by atoms with Gasteiger partial charge in [-0.25, -0.2) is 4.79 Å². The molecule has 3 aromatic rings. The SMILES string of the molecule is N#Cc1ccc(-c2ccc(NC(=O)OCc3ccccc3)cc2)nc1. The Kier molecular flexibility index (Phi) is 5.03. The molecule has 122 valence electrons. The molecule has 1 N–H and O–H groups in total. The molecule has 5 heteroatoms. The standard InChI is InChI=1S/C20H15N3O2/c21-12-16-6-11-19(22-13-16)17-7-9-18(10-8-17)23-20(24)25-14-15-4-2-1-3-5-15/h1-11,13H,14H2,(H,23,24). The summed E-state index contributed by atoms with van der Waals surface area (Å²) in [6, 6.07) is 22.3. The number of carbonyl (C=O) groups excluding carboxylic acids is 1. The smallest absolute Gasteiger partial charge is 0.411 e. The number of aromatic nitrogens is 1. The minimum absolute atomic E-state index is 0.222. The fraction of sp³-hybridized carbons (Fsp3) is 0.0500. The third-order valence-electron chi connectivity index (χ3n) is 3.53. The Morgan fingerprint density at radius 3 is 2.44 bits per heavy atom. The highest BCUT2D eigenvalue weighted by Crippen LogP contribution is 2.19. The van der Waals surface area contributed by atoms with E-state index in [-0.39, 0.29) is 6.61 Å². The van der Waals surface area contributed by atoms with Gasteiger partial charge in [-0.2, -0.15) is 5.26 Å². The lowest BCUT2D eigenvalue weighted by atomic mass is 10.1. The molecule has 25 heavy (non-hydrogen) atoms. The summed E-state index contributed by atoms with van der Waals surface area (Å²) in [4.78, 5) is 16.1. The fourth-order valence-electron chi connectivity index (χ4n) is 2.23. The molecule has 0 bridgehead atoms. The molecule has 0 aliphatic carbocycles. The van der Waals surface area contributed by atoms with E-state index in [1.165, 1.54) is 6.20 Å². The zero-order valence-electron chi connectivity index (χ0n) is 13.3. The van der Waals surface area contributed by atoms with Crippen molar-refractivity contribution in [2.45, 2.75) is 6.61 Å². The third-order valence-corrected chi connectivity index (χ3v) is 3.53. The van der Waals surface area contributed by atoms with Gasteiger partial charge in [0.1, 0.15) is 12.7 Å². The van der Waals surface area contributed by atoms with Gasteiger partial charge in [-0.3, -0.25) is 10.3 Å². The van der Waals surface area contributed by atoms with Crippen LogP contribution in [-0.2, 0) is 11.3 Å². The van der Waals surface area contributed by atoms with E-state index in [1.807, 2.05) is 48.5 Å². The number of pyridine rings is 1. The highest BCUT2D eigenvalue weighted by atomic mass is 16.5. The predicted octanol–water partition coefficient (Wildman–Crippen LogP) is 4.37. The first-order chi connectivity index (χ1) is 12.2. The number of hydrogen-bond acceptors (Lipinski definition) is 4. The lowest BCUT2D eigenvalue weighted by molar-refractivity contribution is 0.155. The summed E-state index contributed by atoms with van der Waals surface area (Å²) >= 11 is 0. The third kappa shape index (κ3) is 4.43. The molecule has 1 amide bonds. The minimum atomic E-state index is -0.506. The Bertz CT molecular complexity index is 883. The largest absolute Gasteiger partial charge is 0.444 e. The molecule has 0 spiro atoms. The van der Waals surface area contributed by atoms with Crippen molar-refractivity contribution in [1.29, 1.82) is 5.26 Å². The topological polar surface area (TPSA) is 75.0 Å². The van der Waals surface area contributed by atoms with E-state index < -0.39 is 6.09 Å². The quantitative estimate of drug-likeness (QED) is 0.771. The van der Waals surface area contributed by atoms with E-state index in [0.717, 1.165) is 16.8 Å². The average molecular weight is 329 g/mol. The number of benzene rings is 2. The van der Waals surface area contributed by atoms with Crippen LogP contribution in [0.1, 0.15) is 11.1 Å². The molecule has 0 aliphatic rings. The Hall–Kier alpha value is -3.65. The summed E-state index contributed by atoms with van der Waals surface area (Å²) in [5.41, 5.74) is 3.74. The normalized spacial score (nSPS) is 9.88. The number of hydrogen-bond donors (Lipinski definition) is 1. The average Bonchev–Trinajstić information content (AvgIpc) is 2.68. The first-order valence-corrected chi connectivity index (χ1v) is 7.69. The van der Waals surface area contributed by atoms with Crippen LogP contribution in [-0.4, -0.2) is 11.1 Å². The maximum absolute atomic E-state index is 11.8. The number of nitrogens with zero attached hydrogens (tertiary/aromatic N) is 2. The Morgan fingerprint density at radius 1 is 1.04 bits per heavy atom. The van der Waals surface area contributed by atoms with Crippen molar-refractivity contribution in [3.63, 3.8) is 0 Å². The zero-order valence-corrected chi connectivity index (χ0v) is 13.3. The molecule has 1 aromatic heterocycles. The first kappa shape index (κ1) is 16.2. The van der Waals surface area contributed by atoms with Crippen molar-refractivity contribution in [3.8, 4) is 17.3 Å². The van der Waals surface area contributed by atoms with Crippen LogP contribution in [0.5, 0.6) is 0 Å². The zero-order chi connectivity index (χ0) is 17.5. The summed E-state index contributed by atoms with van der Waals surface area (Å²) in [6.45, 7) is 0.222. The van der Waals surface area contributed by atoms with Crippen molar-refractivity contribution < 1.29 is 9.53 Å². The Morgan fingerprint density at radius 2 is 1.80 bits per heavy atom. The van der Waals surface area contributed by atoms with Crippen LogP contribution in [0.2, 0.25) is 0 Å². The molecular weight excluding hydrogens is 314 g/mol. The molecule has 0 atom stereocenters. The number of carbonyl (C=O) groups is 1. The maximum atomic E-state index is 11.8. The highest BCUT2D eigenvalue weighted by molar-refractivity contribution is 5.85. The van der Waals surface area contributed by atoms with Gasteiger partial charge in [0.15, 0.2) is 0 Å². The van der Waals surface area contributed by atoms with Crippen LogP contribution in [0.15, 0.2) is 72.9 Å². The second-order valence-electron chi connectivity index (χ2n) is 5.31. The van der Waals surface area contributed by atoms with Gasteiger partial charge in [-0.05, 0) is 29.8 Å². The minimum Gasteiger partial charge on any atom is -0.444 e. The molecular formula is C20H15N3O2. The maximum Gasteiger partial charge on any atom is 0.411 e. The molecule has 0 radical (unpaired) electrons. The van der Waals surface area contributed by atoms with Crippen LogP contribution in [0, 0.1) is 11.3 Å². The van der Waals surface area contributed by atoms with Gasteiger partial charge >= 0.3 is 6.09 Å². The van der Waals surface area contributed by atoms with Crippen molar-refractivity contribution in [1.82, 2.24) is 4.98 Å². The molecule has 0 unspecified atom stereocenters. The molecule has 0 saturated carbocycles. The molecule has 0 aliphatic heterocycles. The van der Waals surface area contributed by atoms with E-state index in [1.54, 1.807) is 24.3 Å². The summed E-state index contributed by atoms with van der Waals surface area (Å²) in [5.74, 6) is 0. The van der Waals surface area contributed by atoms with Gasteiger partial charge in [-0.1, -0.05) is 42.5 Å². The van der Waals surface area contributed by atoms with Crippen molar-refractivity contribution in [2.24, 2.45) is 0 Å². The van der Waals surface area contributed by atoms with Gasteiger partial charge in [0.25, 0.3) is 0 Å². The number of rotatable bonds is 4. The molecule has 2 aromatic carbocycles. The second kappa shape index (κ2) is 7.75. The Labute approximate surface area is 145 Å². The summed E-state index contributed by atoms with van der Waals surface area (Å²) in [6.07, 6.45) is 1.02. The number of nitriles is 1. The van der Waals surface area contributed by atoms with Crippen LogP contribution in [0.3, 0.4) is 0 Å². The summed E-state index contributed by atoms with van der Waals surface area (Å²) < 4.78 is 5.18. The van der Waals surface area contributed by atoms with Gasteiger partial charge in [0.2, 0.25) is 0 Å². The monoisotopic (exact) mass is 329 g/mol. The lowest BCUT2D eigenvalue weighted by Gasteiger charge is -2.08. The molecule has 5 nitrogen and oxygen atoms in total. The molecule has 0 saturated heterocycles. The van der Waals surface area contributed by atoms with E-state index in [2.05, 4.69) is 10.3 Å². The van der Waals surface area contributed by atoms with E-state index in [9.17, 15) is 4.79 Å². The van der Waals surface area contributed by atoms with Crippen LogP contribution in [0.4, 0.5) is 10.5 Å². The van der Waals surface area contributed by atoms with Crippen LogP contribution < -0.4 is 5.32 Å². The van der Waals surface area contributed by atoms with Crippen molar-refractivity contribution in [3.05, 3.63) is 84.1 Å². The number of anilines is 1. The lowest BCUT2D eigenvalue weighted by Crippen LogP contribution is -2.13. The van der Waals surface area contributed by atoms with Crippen LogP contribution >= 0.6 is 0 Å². The summed E-state index contributed by atoms with van der Waals surface area (Å²) in [5, 5.41) is 11.5. The predicted molar refractivity (Wildman–Crippen MR) is 94.6 cm³/mol. The van der Waals surface area contributed by atoms with Gasteiger partial charge < -0.3 is 4.74 Å². The number of ether oxygens (including phenoxy) is 1. The van der Waals surface area contributed by atoms with Gasteiger partial charge in [-0.15, -0.1) is 0 Å². The molecule has 0 fully saturated rings. The van der Waals surface area contributed by atoms with E-state index in [0.29, 0.717) is 11.3 Å². The summed E-state index contributed by atoms with van der Waals surface area (Å²) in [7, 11) is 0. The van der Waals surface area contributed by atoms with Gasteiger partial charge in [0.05, 0.1) is 11.3 Å². The molecule has 3 rings (SSSR count). The number of nitrogens with one attached hydrogen (secondary N) is 1. The fourth-order valence-corrected chi connectivity index (χ4v) is 2.23. The highest BCUT2D eigenvalue weighted by Gasteiger charge is 2.05. The number of amides is 1. The van der Waals surface area contributed by atoms with Gasteiger partial charge in [0, 0.05) is 17.4 Å².